The molecule has 6 heteroatoms. The predicted molar refractivity (Wildman–Crippen MR) is 103 cm³/mol. The van der Waals surface area contributed by atoms with Crippen LogP contribution in [0.5, 0.6) is 0 Å². The Morgan fingerprint density at radius 2 is 2.04 bits per heavy atom. The number of nitrogens with one attached hydrogen (secondary N) is 2. The first kappa shape index (κ1) is 20.2. The molecule has 2 N–H and O–H groups in total. The van der Waals surface area contributed by atoms with Gasteiger partial charge in [-0.05, 0) is 49.6 Å². The summed E-state index contributed by atoms with van der Waals surface area (Å²) in [5.74, 6) is 0.679. The molecule has 2 aliphatic rings. The van der Waals surface area contributed by atoms with Gasteiger partial charge in [0.2, 0.25) is 0 Å². The largest absolute Gasteiger partial charge is 0.350 e. The van der Waals surface area contributed by atoms with Gasteiger partial charge < -0.3 is 10.6 Å². The molecule has 2 fully saturated rings. The fraction of sp³-hybridized carbons (Fsp3) is 0.789. The molecule has 142 valence electrons. The van der Waals surface area contributed by atoms with Crippen LogP contribution in [0, 0.1) is 11.3 Å². The van der Waals surface area contributed by atoms with E-state index in [4.69, 9.17) is 0 Å². The van der Waals surface area contributed by atoms with Crippen molar-refractivity contribution in [2.24, 2.45) is 11.3 Å². The normalized spacial score (nSPS) is 22.2. The summed E-state index contributed by atoms with van der Waals surface area (Å²) >= 11 is 0. The number of aromatic nitrogens is 2. The maximum absolute atomic E-state index is 12.5. The summed E-state index contributed by atoms with van der Waals surface area (Å²) in [6, 6.07) is 2.22. The maximum atomic E-state index is 12.5. The van der Waals surface area contributed by atoms with Crippen molar-refractivity contribution in [2.45, 2.75) is 64.8 Å². The van der Waals surface area contributed by atoms with Crippen molar-refractivity contribution in [1.82, 2.24) is 20.4 Å². The highest BCUT2D eigenvalue weighted by molar-refractivity contribution is 5.92. The molecule has 3 rings (SSSR count). The van der Waals surface area contributed by atoms with Gasteiger partial charge in [0.15, 0.2) is 0 Å². The third-order valence-corrected chi connectivity index (χ3v) is 5.90. The van der Waals surface area contributed by atoms with Gasteiger partial charge >= 0.3 is 0 Å². The zero-order valence-corrected chi connectivity index (χ0v) is 16.4. The Morgan fingerprint density at radius 3 is 2.72 bits per heavy atom. The van der Waals surface area contributed by atoms with E-state index in [2.05, 4.69) is 29.6 Å². The Morgan fingerprint density at radius 1 is 1.28 bits per heavy atom. The Balaban J connectivity index is 0.00000225. The minimum absolute atomic E-state index is 0. The summed E-state index contributed by atoms with van der Waals surface area (Å²) in [5, 5.41) is 11.0. The number of amides is 1. The van der Waals surface area contributed by atoms with Crippen LogP contribution in [0.25, 0.3) is 0 Å². The molecular weight excluding hydrogens is 336 g/mol. The fourth-order valence-electron chi connectivity index (χ4n) is 4.15. The molecule has 1 saturated carbocycles. The topological polar surface area (TPSA) is 59.0 Å². The van der Waals surface area contributed by atoms with E-state index in [-0.39, 0.29) is 23.7 Å². The molecular formula is C19H33ClN4O. The Hall–Kier alpha value is -1.07. The third-order valence-electron chi connectivity index (χ3n) is 5.90. The van der Waals surface area contributed by atoms with E-state index in [1.54, 1.807) is 0 Å². The SMILES string of the molecule is CC(C)(CNC(=O)c1ccn(C2CCCNC2)n1)C1CCCCC1.Cl. The Kier molecular flexibility index (Phi) is 7.32. The number of carbonyl (C=O) groups excluding carboxylic acids is 1. The molecule has 1 amide bonds. The van der Waals surface area contributed by atoms with Gasteiger partial charge in [0.1, 0.15) is 5.69 Å². The van der Waals surface area contributed by atoms with E-state index in [0.29, 0.717) is 11.7 Å². The van der Waals surface area contributed by atoms with Crippen LogP contribution in [0.15, 0.2) is 12.3 Å². The average molecular weight is 369 g/mol. The van der Waals surface area contributed by atoms with E-state index < -0.39 is 0 Å². The molecule has 5 nitrogen and oxygen atoms in total. The van der Waals surface area contributed by atoms with Crippen molar-refractivity contribution in [3.63, 3.8) is 0 Å². The molecule has 1 aliphatic heterocycles. The minimum atomic E-state index is -0.0404. The lowest BCUT2D eigenvalue weighted by molar-refractivity contribution is 0.0893. The van der Waals surface area contributed by atoms with E-state index >= 15 is 0 Å². The van der Waals surface area contributed by atoms with Crippen molar-refractivity contribution in [3.05, 3.63) is 18.0 Å². The van der Waals surface area contributed by atoms with Gasteiger partial charge in [0.05, 0.1) is 6.04 Å². The van der Waals surface area contributed by atoms with Crippen molar-refractivity contribution in [2.75, 3.05) is 19.6 Å². The van der Waals surface area contributed by atoms with Crippen LogP contribution in [-0.2, 0) is 0 Å². The zero-order valence-electron chi connectivity index (χ0n) is 15.6. The third kappa shape index (κ3) is 5.20. The van der Waals surface area contributed by atoms with E-state index in [1.807, 2.05) is 16.9 Å². The molecule has 1 atom stereocenters. The molecule has 1 aliphatic carbocycles. The minimum Gasteiger partial charge on any atom is -0.350 e. The second kappa shape index (κ2) is 9.04. The van der Waals surface area contributed by atoms with Gasteiger partial charge in [-0.1, -0.05) is 33.1 Å². The molecule has 1 saturated heterocycles. The number of hydrogen-bond donors (Lipinski definition) is 2. The van der Waals surface area contributed by atoms with Gasteiger partial charge in [-0.3, -0.25) is 9.48 Å². The quantitative estimate of drug-likeness (QED) is 0.835. The first-order valence-electron chi connectivity index (χ1n) is 9.60. The van der Waals surface area contributed by atoms with Crippen molar-refractivity contribution in [1.29, 1.82) is 0 Å². The summed E-state index contributed by atoms with van der Waals surface area (Å²) in [4.78, 5) is 12.5. The highest BCUT2D eigenvalue weighted by atomic mass is 35.5. The molecule has 25 heavy (non-hydrogen) atoms. The number of carbonyl (C=O) groups is 1. The summed E-state index contributed by atoms with van der Waals surface area (Å²) in [6.07, 6.45) is 10.9. The highest BCUT2D eigenvalue weighted by Crippen LogP contribution is 2.37. The maximum Gasteiger partial charge on any atom is 0.271 e. The molecule has 0 spiro atoms. The van der Waals surface area contributed by atoms with E-state index in [0.717, 1.165) is 32.0 Å². The second-order valence-electron chi connectivity index (χ2n) is 8.19. The number of halogens is 1. The standard InChI is InChI=1S/C19H32N4O.ClH/c1-19(2,15-7-4-3-5-8-15)14-21-18(24)17-10-12-23(22-17)16-9-6-11-20-13-16;/h10,12,15-16,20H,3-9,11,13-14H2,1-2H3,(H,21,24);1H. The van der Waals surface area contributed by atoms with Crippen LogP contribution < -0.4 is 10.6 Å². The van der Waals surface area contributed by atoms with Gasteiger partial charge in [-0.15, -0.1) is 12.4 Å². The van der Waals surface area contributed by atoms with Gasteiger partial charge in [-0.25, -0.2) is 0 Å². The lowest BCUT2D eigenvalue weighted by Crippen LogP contribution is -2.39. The molecule has 2 heterocycles. The van der Waals surface area contributed by atoms with Crippen LogP contribution in [0.1, 0.15) is 75.3 Å². The Bertz CT molecular complexity index is 545. The monoisotopic (exact) mass is 368 g/mol. The van der Waals surface area contributed by atoms with Gasteiger partial charge in [0, 0.05) is 19.3 Å². The summed E-state index contributed by atoms with van der Waals surface area (Å²) in [7, 11) is 0. The van der Waals surface area contributed by atoms with Crippen LogP contribution in [0.4, 0.5) is 0 Å². The van der Waals surface area contributed by atoms with E-state index in [9.17, 15) is 4.79 Å². The van der Waals surface area contributed by atoms with E-state index in [1.165, 1.54) is 38.5 Å². The van der Waals surface area contributed by atoms with Crippen molar-refractivity contribution in [3.8, 4) is 0 Å². The summed E-state index contributed by atoms with van der Waals surface area (Å²) in [6.45, 7) is 7.33. The fourth-order valence-corrected chi connectivity index (χ4v) is 4.15. The molecule has 0 bridgehead atoms. The van der Waals surface area contributed by atoms with Crippen LogP contribution in [0.2, 0.25) is 0 Å². The van der Waals surface area contributed by atoms with Crippen LogP contribution >= 0.6 is 12.4 Å². The molecule has 0 aromatic carbocycles. The summed E-state index contributed by atoms with van der Waals surface area (Å²) < 4.78 is 1.95. The smallest absolute Gasteiger partial charge is 0.271 e. The number of piperidine rings is 1. The number of nitrogens with zero attached hydrogens (tertiary/aromatic N) is 2. The lowest BCUT2D eigenvalue weighted by atomic mass is 9.71. The molecule has 1 unspecified atom stereocenters. The highest BCUT2D eigenvalue weighted by Gasteiger charge is 2.31. The first-order chi connectivity index (χ1) is 11.6. The summed E-state index contributed by atoms with van der Waals surface area (Å²) in [5.41, 5.74) is 0.700. The Labute approximate surface area is 157 Å². The van der Waals surface area contributed by atoms with Gasteiger partial charge in [-0.2, -0.15) is 5.10 Å². The average Bonchev–Trinajstić information content (AvgIpc) is 3.11. The van der Waals surface area contributed by atoms with Crippen LogP contribution in [0.3, 0.4) is 0 Å². The number of hydrogen-bond acceptors (Lipinski definition) is 3. The molecule has 1 aromatic heterocycles. The molecule has 1 aromatic rings. The first-order valence-corrected chi connectivity index (χ1v) is 9.60. The van der Waals surface area contributed by atoms with Gasteiger partial charge in [0.25, 0.3) is 5.91 Å². The molecule has 0 radical (unpaired) electrons. The van der Waals surface area contributed by atoms with Crippen molar-refractivity contribution >= 4 is 18.3 Å². The van der Waals surface area contributed by atoms with Crippen LogP contribution in [-0.4, -0.2) is 35.3 Å². The number of rotatable bonds is 5. The van der Waals surface area contributed by atoms with Crippen molar-refractivity contribution < 1.29 is 4.79 Å². The zero-order chi connectivity index (χ0) is 17.0. The second-order valence-corrected chi connectivity index (χ2v) is 8.19. The predicted octanol–water partition coefficient (Wildman–Crippen LogP) is 3.57. The lowest BCUT2D eigenvalue weighted by Gasteiger charge is -2.37.